The molecule has 0 aromatic heterocycles. The highest BCUT2D eigenvalue weighted by molar-refractivity contribution is 5.91. The van der Waals surface area contributed by atoms with Crippen LogP contribution in [-0.2, 0) is 0 Å². The van der Waals surface area contributed by atoms with Crippen molar-refractivity contribution >= 4 is 11.7 Å². The molecule has 0 heterocycles. The molecule has 0 radical (unpaired) electrons. The highest BCUT2D eigenvalue weighted by Crippen LogP contribution is 2.23. The van der Waals surface area contributed by atoms with Crippen LogP contribution < -0.4 is 15.4 Å². The van der Waals surface area contributed by atoms with E-state index in [4.69, 9.17) is 9.84 Å². The van der Waals surface area contributed by atoms with Crippen LogP contribution in [0.1, 0.15) is 33.1 Å². The van der Waals surface area contributed by atoms with E-state index in [9.17, 15) is 4.79 Å². The fraction of sp³-hybridized carbons (Fsp3) is 0.533. The predicted molar refractivity (Wildman–Crippen MR) is 80.2 cm³/mol. The molecule has 3 N–H and O–H groups in total. The molecular formula is C15H24N2O3. The van der Waals surface area contributed by atoms with Crippen LogP contribution in [0.15, 0.2) is 24.3 Å². The van der Waals surface area contributed by atoms with Gasteiger partial charge >= 0.3 is 6.03 Å². The average molecular weight is 280 g/mol. The zero-order valence-electron chi connectivity index (χ0n) is 12.2. The Labute approximate surface area is 120 Å². The molecule has 0 unspecified atom stereocenters. The summed E-state index contributed by atoms with van der Waals surface area (Å²) in [6, 6.07) is 6.99. The second-order valence-electron chi connectivity index (χ2n) is 4.71. The molecule has 0 fully saturated rings. The largest absolute Gasteiger partial charge is 0.491 e. The van der Waals surface area contributed by atoms with Gasteiger partial charge in [-0.05, 0) is 31.9 Å². The lowest BCUT2D eigenvalue weighted by molar-refractivity contribution is 0.241. The molecule has 5 nitrogen and oxygen atoms in total. The normalized spacial score (nSPS) is 11.8. The van der Waals surface area contributed by atoms with Crippen molar-refractivity contribution in [1.29, 1.82) is 0 Å². The van der Waals surface area contributed by atoms with Gasteiger partial charge in [0.05, 0.1) is 12.3 Å². The Kier molecular flexibility index (Phi) is 7.50. The molecular weight excluding hydrogens is 256 g/mol. The lowest BCUT2D eigenvalue weighted by Crippen LogP contribution is -2.36. The zero-order chi connectivity index (χ0) is 14.8. The van der Waals surface area contributed by atoms with E-state index in [2.05, 4.69) is 17.6 Å². The van der Waals surface area contributed by atoms with Crippen LogP contribution in [-0.4, -0.2) is 30.4 Å². The molecule has 2 amide bonds. The van der Waals surface area contributed by atoms with Gasteiger partial charge in [0.15, 0.2) is 0 Å². The topological polar surface area (TPSA) is 70.6 Å². The maximum Gasteiger partial charge on any atom is 0.319 e. The number of urea groups is 1. The molecule has 0 aliphatic rings. The standard InChI is InChI=1S/C15H24N2O3/c1-3-4-11-20-14-8-6-5-7-13(14)17-15(19)16-12(2)9-10-18/h5-8,12,18H,3-4,9-11H2,1-2H3,(H2,16,17,19)/t12-/m1/s1. The minimum absolute atomic E-state index is 0.0537. The van der Waals surface area contributed by atoms with Crippen molar-refractivity contribution in [1.82, 2.24) is 5.32 Å². The van der Waals surface area contributed by atoms with Crippen molar-refractivity contribution in [3.05, 3.63) is 24.3 Å². The first-order valence-electron chi connectivity index (χ1n) is 7.07. The number of amides is 2. The first kappa shape index (κ1) is 16.3. The van der Waals surface area contributed by atoms with Crippen molar-refractivity contribution in [2.45, 2.75) is 39.2 Å². The molecule has 0 spiro atoms. The second kappa shape index (κ2) is 9.20. The van der Waals surface area contributed by atoms with Gasteiger partial charge in [0.1, 0.15) is 5.75 Å². The van der Waals surface area contributed by atoms with Gasteiger partial charge in [-0.1, -0.05) is 25.5 Å². The van der Waals surface area contributed by atoms with E-state index in [-0.39, 0.29) is 18.7 Å². The summed E-state index contributed by atoms with van der Waals surface area (Å²) in [5, 5.41) is 14.3. The van der Waals surface area contributed by atoms with Crippen LogP contribution in [0.3, 0.4) is 0 Å². The van der Waals surface area contributed by atoms with Gasteiger partial charge in [-0.25, -0.2) is 4.79 Å². The highest BCUT2D eigenvalue weighted by atomic mass is 16.5. The number of hydrogen-bond acceptors (Lipinski definition) is 3. The molecule has 1 rings (SSSR count). The summed E-state index contributed by atoms with van der Waals surface area (Å²) in [6.45, 7) is 4.64. The molecule has 0 saturated carbocycles. The maximum atomic E-state index is 11.8. The predicted octanol–water partition coefficient (Wildman–Crippen LogP) is 2.76. The molecule has 1 atom stereocenters. The maximum absolute atomic E-state index is 11.8. The summed E-state index contributed by atoms with van der Waals surface area (Å²) in [5.41, 5.74) is 0.650. The minimum Gasteiger partial charge on any atom is -0.491 e. The van der Waals surface area contributed by atoms with Gasteiger partial charge in [-0.15, -0.1) is 0 Å². The van der Waals surface area contributed by atoms with Crippen molar-refractivity contribution in [2.24, 2.45) is 0 Å². The fourth-order valence-corrected chi connectivity index (χ4v) is 1.67. The summed E-state index contributed by atoms with van der Waals surface area (Å²) >= 11 is 0. The monoisotopic (exact) mass is 280 g/mol. The van der Waals surface area contributed by atoms with Crippen LogP contribution in [0.25, 0.3) is 0 Å². The lowest BCUT2D eigenvalue weighted by atomic mass is 10.2. The van der Waals surface area contributed by atoms with Crippen LogP contribution >= 0.6 is 0 Å². The Bertz CT molecular complexity index is 410. The third-order valence-electron chi connectivity index (χ3n) is 2.83. The van der Waals surface area contributed by atoms with Gasteiger partial charge in [-0.3, -0.25) is 0 Å². The number of ether oxygens (including phenoxy) is 1. The van der Waals surface area contributed by atoms with Crippen molar-refractivity contribution < 1.29 is 14.6 Å². The number of unbranched alkanes of at least 4 members (excludes halogenated alkanes) is 1. The molecule has 20 heavy (non-hydrogen) atoms. The van der Waals surface area contributed by atoms with E-state index in [0.29, 0.717) is 24.5 Å². The minimum atomic E-state index is -0.294. The van der Waals surface area contributed by atoms with Gasteiger partial charge in [0, 0.05) is 12.6 Å². The van der Waals surface area contributed by atoms with Crippen molar-refractivity contribution in [3.8, 4) is 5.75 Å². The molecule has 112 valence electrons. The van der Waals surface area contributed by atoms with E-state index in [0.717, 1.165) is 12.8 Å². The summed E-state index contributed by atoms with van der Waals surface area (Å²) in [7, 11) is 0. The quantitative estimate of drug-likeness (QED) is 0.641. The molecule has 0 aliphatic carbocycles. The first-order chi connectivity index (χ1) is 9.67. The number of carbonyl (C=O) groups is 1. The highest BCUT2D eigenvalue weighted by Gasteiger charge is 2.09. The Morgan fingerprint density at radius 2 is 2.15 bits per heavy atom. The van der Waals surface area contributed by atoms with Crippen molar-refractivity contribution in [3.63, 3.8) is 0 Å². The molecule has 5 heteroatoms. The first-order valence-corrected chi connectivity index (χ1v) is 7.07. The van der Waals surface area contributed by atoms with Gasteiger partial charge in [0.25, 0.3) is 0 Å². The third kappa shape index (κ3) is 5.93. The van der Waals surface area contributed by atoms with E-state index < -0.39 is 0 Å². The van der Waals surface area contributed by atoms with Crippen LogP contribution in [0.5, 0.6) is 5.75 Å². The smallest absolute Gasteiger partial charge is 0.319 e. The second-order valence-corrected chi connectivity index (χ2v) is 4.71. The number of carbonyl (C=O) groups excluding carboxylic acids is 1. The SMILES string of the molecule is CCCCOc1ccccc1NC(=O)N[C@H](C)CCO. The van der Waals surface area contributed by atoms with Gasteiger partial charge in [-0.2, -0.15) is 0 Å². The number of rotatable bonds is 8. The number of aliphatic hydroxyl groups is 1. The Balaban J connectivity index is 2.55. The Hall–Kier alpha value is -1.75. The van der Waals surface area contributed by atoms with E-state index in [1.165, 1.54) is 0 Å². The average Bonchev–Trinajstić information content (AvgIpc) is 2.41. The molecule has 0 aliphatic heterocycles. The van der Waals surface area contributed by atoms with E-state index in [1.807, 2.05) is 25.1 Å². The summed E-state index contributed by atoms with van der Waals surface area (Å²) < 4.78 is 5.65. The summed E-state index contributed by atoms with van der Waals surface area (Å²) in [4.78, 5) is 11.8. The fourth-order valence-electron chi connectivity index (χ4n) is 1.67. The van der Waals surface area contributed by atoms with E-state index in [1.54, 1.807) is 6.07 Å². The van der Waals surface area contributed by atoms with E-state index >= 15 is 0 Å². The van der Waals surface area contributed by atoms with Crippen LogP contribution in [0.4, 0.5) is 10.5 Å². The number of benzene rings is 1. The summed E-state index contributed by atoms with van der Waals surface area (Å²) in [5.74, 6) is 0.672. The Morgan fingerprint density at radius 3 is 2.85 bits per heavy atom. The molecule has 0 bridgehead atoms. The molecule has 1 aromatic carbocycles. The van der Waals surface area contributed by atoms with Crippen LogP contribution in [0.2, 0.25) is 0 Å². The van der Waals surface area contributed by atoms with Crippen LogP contribution in [0, 0.1) is 0 Å². The molecule has 0 saturated heterocycles. The molecule has 1 aromatic rings. The lowest BCUT2D eigenvalue weighted by Gasteiger charge is -2.15. The number of aliphatic hydroxyl groups excluding tert-OH is 1. The number of para-hydroxylation sites is 2. The number of nitrogens with one attached hydrogen (secondary N) is 2. The number of anilines is 1. The third-order valence-corrected chi connectivity index (χ3v) is 2.83. The zero-order valence-corrected chi connectivity index (χ0v) is 12.2. The van der Waals surface area contributed by atoms with Gasteiger partial charge in [0.2, 0.25) is 0 Å². The summed E-state index contributed by atoms with van der Waals surface area (Å²) in [6.07, 6.45) is 2.57. The van der Waals surface area contributed by atoms with Crippen molar-refractivity contribution in [2.75, 3.05) is 18.5 Å². The Morgan fingerprint density at radius 1 is 1.40 bits per heavy atom. The van der Waals surface area contributed by atoms with Gasteiger partial charge < -0.3 is 20.5 Å². The number of hydrogen-bond donors (Lipinski definition) is 3.